The summed E-state index contributed by atoms with van der Waals surface area (Å²) in [6, 6.07) is 1.67. The van der Waals surface area contributed by atoms with Crippen LogP contribution >= 0.6 is 0 Å². The molecule has 0 aliphatic rings. The van der Waals surface area contributed by atoms with Gasteiger partial charge in [0.1, 0.15) is 5.56 Å². The van der Waals surface area contributed by atoms with Crippen molar-refractivity contribution in [3.63, 3.8) is 0 Å². The van der Waals surface area contributed by atoms with Crippen LogP contribution in [0.25, 0.3) is 5.95 Å². The van der Waals surface area contributed by atoms with E-state index in [0.717, 1.165) is 6.20 Å². The molecular weight excluding hydrogens is 278 g/mol. The molecule has 110 valence electrons. The molecule has 9 heteroatoms. The molecule has 2 rings (SSSR count). The fourth-order valence-electron chi connectivity index (χ4n) is 1.59. The molecule has 0 unspecified atom stereocenters. The Balaban J connectivity index is 2.02. The van der Waals surface area contributed by atoms with Gasteiger partial charge in [-0.2, -0.15) is 5.10 Å². The van der Waals surface area contributed by atoms with Gasteiger partial charge in [-0.05, 0) is 12.5 Å². The molecule has 0 saturated carbocycles. The third-order valence-corrected chi connectivity index (χ3v) is 2.60. The Morgan fingerprint density at radius 2 is 2.24 bits per heavy atom. The number of aromatic nitrogens is 4. The molecule has 21 heavy (non-hydrogen) atoms. The number of hydrogen-bond donors (Lipinski definition) is 3. The molecule has 2 aromatic heterocycles. The molecule has 3 N–H and O–H groups in total. The van der Waals surface area contributed by atoms with Crippen LogP contribution in [0.1, 0.15) is 23.2 Å². The Kier molecular flexibility index (Phi) is 4.44. The minimum Gasteiger partial charge on any atom is -0.481 e. The molecule has 2 heterocycles. The van der Waals surface area contributed by atoms with Crippen molar-refractivity contribution < 1.29 is 14.7 Å². The van der Waals surface area contributed by atoms with E-state index in [1.165, 1.54) is 10.9 Å². The zero-order valence-electron chi connectivity index (χ0n) is 10.9. The van der Waals surface area contributed by atoms with Gasteiger partial charge in [0.25, 0.3) is 11.5 Å². The van der Waals surface area contributed by atoms with E-state index in [1.54, 1.807) is 12.3 Å². The van der Waals surface area contributed by atoms with Crippen molar-refractivity contribution in [3.05, 3.63) is 40.6 Å². The van der Waals surface area contributed by atoms with Gasteiger partial charge in [-0.1, -0.05) is 0 Å². The summed E-state index contributed by atoms with van der Waals surface area (Å²) in [7, 11) is 0. The van der Waals surface area contributed by atoms with Crippen LogP contribution < -0.4 is 10.9 Å². The number of nitrogens with one attached hydrogen (secondary N) is 2. The van der Waals surface area contributed by atoms with Gasteiger partial charge in [-0.3, -0.25) is 19.4 Å². The van der Waals surface area contributed by atoms with Crippen LogP contribution in [0, 0.1) is 0 Å². The number of H-pyrrole nitrogens is 1. The summed E-state index contributed by atoms with van der Waals surface area (Å²) in [5, 5.41) is 14.8. The maximum atomic E-state index is 11.8. The normalized spacial score (nSPS) is 10.3. The molecule has 0 aromatic carbocycles. The van der Waals surface area contributed by atoms with Gasteiger partial charge in [-0.15, -0.1) is 0 Å². The zero-order valence-corrected chi connectivity index (χ0v) is 10.9. The lowest BCUT2D eigenvalue weighted by Gasteiger charge is -2.04. The highest BCUT2D eigenvalue weighted by Gasteiger charge is 2.12. The summed E-state index contributed by atoms with van der Waals surface area (Å²) in [4.78, 5) is 40.3. The summed E-state index contributed by atoms with van der Waals surface area (Å²) in [6.07, 6.45) is 4.53. The van der Waals surface area contributed by atoms with Crippen molar-refractivity contribution in [2.24, 2.45) is 0 Å². The van der Waals surface area contributed by atoms with E-state index in [9.17, 15) is 14.4 Å². The van der Waals surface area contributed by atoms with E-state index in [1.807, 2.05) is 0 Å². The molecule has 9 nitrogen and oxygen atoms in total. The first-order chi connectivity index (χ1) is 10.1. The van der Waals surface area contributed by atoms with Gasteiger partial charge < -0.3 is 10.4 Å². The lowest BCUT2D eigenvalue weighted by molar-refractivity contribution is -0.137. The molecule has 0 aliphatic heterocycles. The molecule has 0 aliphatic carbocycles. The molecule has 1 amide bonds. The third-order valence-electron chi connectivity index (χ3n) is 2.60. The Morgan fingerprint density at radius 3 is 2.86 bits per heavy atom. The van der Waals surface area contributed by atoms with E-state index in [0.29, 0.717) is 0 Å². The minimum absolute atomic E-state index is 0.0485. The molecule has 0 atom stereocenters. The van der Waals surface area contributed by atoms with Crippen LogP contribution in [0.2, 0.25) is 0 Å². The first-order valence-electron chi connectivity index (χ1n) is 6.17. The minimum atomic E-state index is -0.938. The summed E-state index contributed by atoms with van der Waals surface area (Å²) >= 11 is 0. The standard InChI is InChI=1S/C12H13N5O4/c18-9(19)3-1-4-13-10(20)8-7-14-12(16-11(8)21)17-6-2-5-15-17/h2,5-7H,1,3-4H2,(H,13,20)(H,18,19)(H,14,16,21). The quantitative estimate of drug-likeness (QED) is 0.618. The number of nitrogens with zero attached hydrogens (tertiary/aromatic N) is 3. The maximum absolute atomic E-state index is 11.8. The highest BCUT2D eigenvalue weighted by molar-refractivity contribution is 5.93. The van der Waals surface area contributed by atoms with E-state index in [2.05, 4.69) is 20.4 Å². The number of aliphatic carboxylic acids is 1. The monoisotopic (exact) mass is 291 g/mol. The second-order valence-electron chi connectivity index (χ2n) is 4.15. The van der Waals surface area contributed by atoms with Gasteiger partial charge in [-0.25, -0.2) is 9.67 Å². The Hall–Kier alpha value is -2.97. The molecule has 0 spiro atoms. The summed E-state index contributed by atoms with van der Waals surface area (Å²) in [5.74, 6) is -1.33. The van der Waals surface area contributed by atoms with Crippen molar-refractivity contribution in [2.45, 2.75) is 12.8 Å². The van der Waals surface area contributed by atoms with E-state index < -0.39 is 17.4 Å². The van der Waals surface area contributed by atoms with Crippen LogP contribution in [0.3, 0.4) is 0 Å². The number of amides is 1. The topological polar surface area (TPSA) is 130 Å². The molecule has 0 radical (unpaired) electrons. The van der Waals surface area contributed by atoms with Gasteiger partial charge in [0.2, 0.25) is 5.95 Å². The number of carbonyl (C=O) groups excluding carboxylic acids is 1. The van der Waals surface area contributed by atoms with Gasteiger partial charge in [0.05, 0.1) is 0 Å². The summed E-state index contributed by atoms with van der Waals surface area (Å²) in [6.45, 7) is 0.172. The number of carboxylic acid groups (broad SMARTS) is 1. The average Bonchev–Trinajstić information content (AvgIpc) is 2.97. The summed E-state index contributed by atoms with van der Waals surface area (Å²) in [5.41, 5.74) is -0.729. The summed E-state index contributed by atoms with van der Waals surface area (Å²) < 4.78 is 1.36. The predicted molar refractivity (Wildman–Crippen MR) is 71.2 cm³/mol. The molecule has 0 fully saturated rings. The van der Waals surface area contributed by atoms with Crippen molar-refractivity contribution in [1.82, 2.24) is 25.1 Å². The second kappa shape index (κ2) is 6.46. The van der Waals surface area contributed by atoms with Crippen molar-refractivity contribution in [1.29, 1.82) is 0 Å². The lowest BCUT2D eigenvalue weighted by atomic mass is 10.3. The second-order valence-corrected chi connectivity index (χ2v) is 4.15. The largest absolute Gasteiger partial charge is 0.481 e. The SMILES string of the molecule is O=C(O)CCCNC(=O)c1cnc(-n2cccn2)[nH]c1=O. The number of hydrogen-bond acceptors (Lipinski definition) is 5. The van der Waals surface area contributed by atoms with Gasteiger partial charge in [0.15, 0.2) is 0 Å². The zero-order chi connectivity index (χ0) is 15.2. The van der Waals surface area contributed by atoms with Crippen LogP contribution in [0.5, 0.6) is 0 Å². The number of aromatic amines is 1. The molecular formula is C12H13N5O4. The Morgan fingerprint density at radius 1 is 1.43 bits per heavy atom. The number of carbonyl (C=O) groups is 2. The Bertz CT molecular complexity index is 692. The number of carboxylic acids is 1. The highest BCUT2D eigenvalue weighted by Crippen LogP contribution is 1.96. The van der Waals surface area contributed by atoms with Gasteiger partial charge in [0, 0.05) is 31.6 Å². The smallest absolute Gasteiger partial charge is 0.303 e. The van der Waals surface area contributed by atoms with Crippen LogP contribution in [-0.4, -0.2) is 43.3 Å². The van der Waals surface area contributed by atoms with Crippen LogP contribution in [-0.2, 0) is 4.79 Å². The Labute approximate surface area is 118 Å². The average molecular weight is 291 g/mol. The maximum Gasteiger partial charge on any atom is 0.303 e. The fraction of sp³-hybridized carbons (Fsp3) is 0.250. The van der Waals surface area contributed by atoms with Crippen LogP contribution in [0.4, 0.5) is 0 Å². The fourth-order valence-corrected chi connectivity index (χ4v) is 1.59. The van der Waals surface area contributed by atoms with Crippen molar-refractivity contribution >= 4 is 11.9 Å². The van der Waals surface area contributed by atoms with Crippen LogP contribution in [0.15, 0.2) is 29.5 Å². The highest BCUT2D eigenvalue weighted by atomic mass is 16.4. The van der Waals surface area contributed by atoms with Crippen molar-refractivity contribution in [2.75, 3.05) is 6.54 Å². The molecule has 0 bridgehead atoms. The van der Waals surface area contributed by atoms with E-state index in [-0.39, 0.29) is 30.9 Å². The molecule has 2 aromatic rings. The van der Waals surface area contributed by atoms with Crippen molar-refractivity contribution in [3.8, 4) is 5.95 Å². The number of rotatable bonds is 6. The predicted octanol–water partition coefficient (Wildman–Crippen LogP) is -0.450. The lowest BCUT2D eigenvalue weighted by Crippen LogP contribution is -2.31. The first kappa shape index (κ1) is 14.4. The van der Waals surface area contributed by atoms with Gasteiger partial charge >= 0.3 is 5.97 Å². The van der Waals surface area contributed by atoms with E-state index in [4.69, 9.17) is 5.11 Å². The van der Waals surface area contributed by atoms with E-state index >= 15 is 0 Å². The third kappa shape index (κ3) is 3.75. The molecule has 0 saturated heterocycles. The first-order valence-corrected chi connectivity index (χ1v) is 6.17.